The molecule has 0 amide bonds. The van der Waals surface area contributed by atoms with E-state index in [2.05, 4.69) is 20.6 Å². The summed E-state index contributed by atoms with van der Waals surface area (Å²) in [5.41, 5.74) is 0. The van der Waals surface area contributed by atoms with Gasteiger partial charge in [-0.15, -0.1) is 0 Å². The molecule has 1 unspecified atom stereocenters. The second-order valence-electron chi connectivity index (χ2n) is 7.38. The van der Waals surface area contributed by atoms with Crippen molar-refractivity contribution in [3.8, 4) is 0 Å². The van der Waals surface area contributed by atoms with E-state index in [1.807, 2.05) is 4.90 Å². The molecule has 154 valence electrons. The van der Waals surface area contributed by atoms with E-state index < -0.39 is 0 Å². The molecule has 7 nitrogen and oxygen atoms in total. The number of esters is 1. The van der Waals surface area contributed by atoms with E-state index in [4.69, 9.17) is 4.74 Å². The molecule has 1 aromatic rings. The van der Waals surface area contributed by atoms with Gasteiger partial charge < -0.3 is 20.3 Å². The lowest BCUT2D eigenvalue weighted by Crippen LogP contribution is -2.45. The molecule has 0 radical (unpaired) electrons. The van der Waals surface area contributed by atoms with E-state index in [-0.39, 0.29) is 23.9 Å². The van der Waals surface area contributed by atoms with Crippen molar-refractivity contribution in [3.05, 3.63) is 24.1 Å². The third-order valence-corrected chi connectivity index (χ3v) is 5.24. The highest BCUT2D eigenvalue weighted by Crippen LogP contribution is 2.22. The molecular formula is C20H30FN5O2. The van der Waals surface area contributed by atoms with Crippen LogP contribution >= 0.6 is 0 Å². The van der Waals surface area contributed by atoms with Crippen LogP contribution in [0, 0.1) is 5.82 Å². The average Bonchev–Trinajstić information content (AvgIpc) is 3.36. The van der Waals surface area contributed by atoms with Gasteiger partial charge in [0.05, 0.1) is 0 Å². The van der Waals surface area contributed by atoms with Crippen LogP contribution in [0.3, 0.4) is 0 Å². The van der Waals surface area contributed by atoms with Gasteiger partial charge in [-0.25, -0.2) is 9.37 Å². The third-order valence-electron chi connectivity index (χ3n) is 5.24. The number of hydrogen-bond donors (Lipinski definition) is 2. The molecule has 1 atom stereocenters. The Morgan fingerprint density at radius 2 is 2.21 bits per heavy atom. The minimum Gasteiger partial charge on any atom is -0.462 e. The maximum atomic E-state index is 13.9. The molecule has 0 aromatic carbocycles. The van der Waals surface area contributed by atoms with Gasteiger partial charge in [0.15, 0.2) is 17.6 Å². The smallest absolute Gasteiger partial charge is 0.306 e. The van der Waals surface area contributed by atoms with E-state index in [0.717, 1.165) is 38.6 Å². The van der Waals surface area contributed by atoms with Gasteiger partial charge in [0, 0.05) is 45.3 Å². The molecule has 1 aliphatic heterocycles. The summed E-state index contributed by atoms with van der Waals surface area (Å²) in [6.45, 7) is 2.06. The Kier molecular flexibility index (Phi) is 7.45. The first-order valence-electron chi connectivity index (χ1n) is 10.2. The first kappa shape index (κ1) is 20.4. The van der Waals surface area contributed by atoms with Gasteiger partial charge in [0.1, 0.15) is 6.10 Å². The number of anilines is 1. The standard InChI is InChI=1S/C20H30FN5O2/c1-22-20(24-12-5-9-18(27)28-16-6-2-3-7-16)25-15-10-13-26(14-15)19-17(21)8-4-11-23-19/h4,8,11,15-16H,2-3,5-7,9-10,12-14H2,1H3,(H2,22,24,25). The zero-order valence-corrected chi connectivity index (χ0v) is 16.5. The van der Waals surface area contributed by atoms with E-state index in [9.17, 15) is 9.18 Å². The van der Waals surface area contributed by atoms with Gasteiger partial charge in [0.25, 0.3) is 0 Å². The van der Waals surface area contributed by atoms with Gasteiger partial charge in [0.2, 0.25) is 0 Å². The van der Waals surface area contributed by atoms with E-state index in [1.165, 1.54) is 6.07 Å². The minimum atomic E-state index is -0.296. The molecule has 1 saturated carbocycles. The SMILES string of the molecule is CN=C(NCCCC(=O)OC1CCCC1)NC1CCN(c2ncccc2F)C1. The predicted molar refractivity (Wildman–Crippen MR) is 107 cm³/mol. The molecule has 0 spiro atoms. The highest BCUT2D eigenvalue weighted by atomic mass is 19.1. The van der Waals surface area contributed by atoms with Gasteiger partial charge in [-0.3, -0.25) is 9.79 Å². The highest BCUT2D eigenvalue weighted by molar-refractivity contribution is 5.80. The van der Waals surface area contributed by atoms with Crippen molar-refractivity contribution in [3.63, 3.8) is 0 Å². The second kappa shape index (κ2) is 10.2. The quantitative estimate of drug-likeness (QED) is 0.321. The molecular weight excluding hydrogens is 361 g/mol. The van der Waals surface area contributed by atoms with Crippen molar-refractivity contribution < 1.29 is 13.9 Å². The molecule has 1 aliphatic carbocycles. The number of halogens is 1. The van der Waals surface area contributed by atoms with Gasteiger partial charge in [-0.05, 0) is 50.7 Å². The molecule has 0 bridgehead atoms. The normalized spacial score (nSPS) is 20.4. The number of aromatic nitrogens is 1. The average molecular weight is 391 g/mol. The maximum Gasteiger partial charge on any atom is 0.306 e. The number of guanidine groups is 1. The number of hydrogen-bond acceptors (Lipinski definition) is 5. The van der Waals surface area contributed by atoms with Crippen molar-refractivity contribution in [2.75, 3.05) is 31.6 Å². The van der Waals surface area contributed by atoms with Crippen LogP contribution in [0.25, 0.3) is 0 Å². The fourth-order valence-corrected chi connectivity index (χ4v) is 3.76. The molecule has 1 saturated heterocycles. The summed E-state index contributed by atoms with van der Waals surface area (Å²) in [6, 6.07) is 3.20. The van der Waals surface area contributed by atoms with E-state index in [0.29, 0.717) is 37.7 Å². The molecule has 28 heavy (non-hydrogen) atoms. The Morgan fingerprint density at radius 3 is 2.96 bits per heavy atom. The zero-order valence-electron chi connectivity index (χ0n) is 16.5. The van der Waals surface area contributed by atoms with Crippen molar-refractivity contribution in [1.82, 2.24) is 15.6 Å². The number of carbonyl (C=O) groups is 1. The number of rotatable bonds is 7. The lowest BCUT2D eigenvalue weighted by molar-refractivity contribution is -0.148. The van der Waals surface area contributed by atoms with Crippen molar-refractivity contribution in [1.29, 1.82) is 0 Å². The van der Waals surface area contributed by atoms with Gasteiger partial charge >= 0.3 is 5.97 Å². The Labute approximate surface area is 165 Å². The van der Waals surface area contributed by atoms with E-state index >= 15 is 0 Å². The first-order chi connectivity index (χ1) is 13.7. The lowest BCUT2D eigenvalue weighted by Gasteiger charge is -2.20. The first-order valence-corrected chi connectivity index (χ1v) is 10.2. The van der Waals surface area contributed by atoms with Crippen molar-refractivity contribution in [2.45, 2.75) is 57.1 Å². The summed E-state index contributed by atoms with van der Waals surface area (Å²) in [5.74, 6) is 0.684. The largest absolute Gasteiger partial charge is 0.462 e. The fraction of sp³-hybridized carbons (Fsp3) is 0.650. The van der Waals surface area contributed by atoms with Crippen LogP contribution in [-0.4, -0.2) is 55.7 Å². The van der Waals surface area contributed by atoms with Crippen LogP contribution in [0.15, 0.2) is 23.3 Å². The summed E-state index contributed by atoms with van der Waals surface area (Å²) >= 11 is 0. The molecule has 2 fully saturated rings. The Bertz CT molecular complexity index is 678. The summed E-state index contributed by atoms with van der Waals surface area (Å²) in [4.78, 5) is 22.2. The number of ether oxygens (including phenoxy) is 1. The summed E-state index contributed by atoms with van der Waals surface area (Å²) < 4.78 is 19.4. The highest BCUT2D eigenvalue weighted by Gasteiger charge is 2.26. The minimum absolute atomic E-state index is 0.111. The maximum absolute atomic E-state index is 13.9. The van der Waals surface area contributed by atoms with Crippen molar-refractivity contribution >= 4 is 17.7 Å². The molecule has 3 rings (SSSR count). The number of nitrogens with one attached hydrogen (secondary N) is 2. The zero-order chi connectivity index (χ0) is 19.8. The molecule has 2 heterocycles. The van der Waals surface area contributed by atoms with Crippen LogP contribution in [0.1, 0.15) is 44.9 Å². The van der Waals surface area contributed by atoms with Crippen LogP contribution in [0.4, 0.5) is 10.2 Å². The second-order valence-corrected chi connectivity index (χ2v) is 7.38. The Hall–Kier alpha value is -2.38. The van der Waals surface area contributed by atoms with Crippen molar-refractivity contribution in [2.24, 2.45) is 4.99 Å². The van der Waals surface area contributed by atoms with Crippen LogP contribution in [0.5, 0.6) is 0 Å². The van der Waals surface area contributed by atoms with Crippen LogP contribution in [-0.2, 0) is 9.53 Å². The summed E-state index contributed by atoms with van der Waals surface area (Å²) in [6.07, 6.45) is 8.05. The third kappa shape index (κ3) is 5.81. The van der Waals surface area contributed by atoms with Crippen LogP contribution in [0.2, 0.25) is 0 Å². The fourth-order valence-electron chi connectivity index (χ4n) is 3.76. The number of nitrogens with zero attached hydrogens (tertiary/aromatic N) is 3. The van der Waals surface area contributed by atoms with E-state index in [1.54, 1.807) is 19.3 Å². The Balaban J connectivity index is 1.34. The monoisotopic (exact) mass is 391 g/mol. The predicted octanol–water partition coefficient (Wildman–Crippen LogP) is 2.23. The van der Waals surface area contributed by atoms with Crippen LogP contribution < -0.4 is 15.5 Å². The number of pyridine rings is 1. The van der Waals surface area contributed by atoms with Gasteiger partial charge in [-0.2, -0.15) is 0 Å². The Morgan fingerprint density at radius 1 is 1.39 bits per heavy atom. The molecule has 2 aliphatic rings. The number of aliphatic imine (C=N–C) groups is 1. The number of carbonyl (C=O) groups excluding carboxylic acids is 1. The topological polar surface area (TPSA) is 78.8 Å². The summed E-state index contributed by atoms with van der Waals surface area (Å²) in [7, 11) is 1.72. The van der Waals surface area contributed by atoms with Gasteiger partial charge in [-0.1, -0.05) is 0 Å². The molecule has 1 aromatic heterocycles. The molecule has 8 heteroatoms. The lowest BCUT2D eigenvalue weighted by atomic mass is 10.2. The molecule has 2 N–H and O–H groups in total. The summed E-state index contributed by atoms with van der Waals surface area (Å²) in [5, 5.41) is 6.60.